The van der Waals surface area contributed by atoms with Crippen LogP contribution in [-0.2, 0) is 5.41 Å². The largest absolute Gasteiger partial charge is 0.310 e. The van der Waals surface area contributed by atoms with Crippen molar-refractivity contribution >= 4 is 34.1 Å². The molecule has 0 fully saturated rings. The molecule has 0 atom stereocenters. The van der Waals surface area contributed by atoms with Gasteiger partial charge in [0.2, 0.25) is 0 Å². The van der Waals surface area contributed by atoms with Crippen molar-refractivity contribution < 1.29 is 0 Å². The zero-order valence-corrected chi connectivity index (χ0v) is 23.4. The molecule has 41 heavy (non-hydrogen) atoms. The van der Waals surface area contributed by atoms with E-state index in [1.165, 1.54) is 22.3 Å². The number of para-hydroxylation sites is 4. The second-order valence-corrected chi connectivity index (χ2v) is 11.1. The zero-order chi connectivity index (χ0) is 27.8. The van der Waals surface area contributed by atoms with Crippen molar-refractivity contribution in [2.75, 3.05) is 9.80 Å². The first-order valence-electron chi connectivity index (χ1n) is 14.2. The third-order valence-corrected chi connectivity index (χ3v) is 8.22. The van der Waals surface area contributed by atoms with E-state index in [9.17, 15) is 0 Å². The molecule has 198 valence electrons. The number of hydrogen-bond acceptors (Lipinski definition) is 2. The normalized spacial score (nSPS) is 12.8. The molecule has 6 aromatic rings. The lowest BCUT2D eigenvalue weighted by molar-refractivity contribution is 0.660. The smallest absolute Gasteiger partial charge is 0.0465 e. The quantitative estimate of drug-likeness (QED) is 0.212. The van der Waals surface area contributed by atoms with Crippen molar-refractivity contribution in [2.45, 2.75) is 19.3 Å². The molecule has 2 nitrogen and oxygen atoms in total. The monoisotopic (exact) mass is 528 g/mol. The molecule has 0 amide bonds. The van der Waals surface area contributed by atoms with Gasteiger partial charge in [0, 0.05) is 39.5 Å². The van der Waals surface area contributed by atoms with Crippen LogP contribution in [0.3, 0.4) is 0 Å². The summed E-state index contributed by atoms with van der Waals surface area (Å²) in [7, 11) is 0. The molecule has 6 aromatic carbocycles. The molecule has 0 aliphatic heterocycles. The topological polar surface area (TPSA) is 6.48 Å². The van der Waals surface area contributed by atoms with E-state index in [2.05, 4.69) is 181 Å². The van der Waals surface area contributed by atoms with Crippen molar-refractivity contribution in [1.82, 2.24) is 0 Å². The van der Waals surface area contributed by atoms with Crippen LogP contribution >= 0.6 is 0 Å². The van der Waals surface area contributed by atoms with Gasteiger partial charge < -0.3 is 9.80 Å². The minimum Gasteiger partial charge on any atom is -0.310 e. The van der Waals surface area contributed by atoms with Gasteiger partial charge in [-0.2, -0.15) is 0 Å². The fraction of sp³-hybridized carbons (Fsp3) is 0.0769. The second-order valence-electron chi connectivity index (χ2n) is 11.1. The van der Waals surface area contributed by atoms with Gasteiger partial charge in [0.25, 0.3) is 0 Å². The molecule has 2 heteroatoms. The minimum atomic E-state index is -0.158. The van der Waals surface area contributed by atoms with Crippen molar-refractivity contribution in [1.29, 1.82) is 0 Å². The van der Waals surface area contributed by atoms with Gasteiger partial charge in [-0.05, 0) is 95.1 Å². The summed E-state index contributed by atoms with van der Waals surface area (Å²) in [5, 5.41) is 0. The van der Waals surface area contributed by atoms with E-state index in [1.807, 2.05) is 0 Å². The van der Waals surface area contributed by atoms with Gasteiger partial charge in [-0.15, -0.1) is 0 Å². The first-order chi connectivity index (χ1) is 20.1. The lowest BCUT2D eigenvalue weighted by Gasteiger charge is -2.29. The van der Waals surface area contributed by atoms with E-state index in [0.29, 0.717) is 0 Å². The van der Waals surface area contributed by atoms with E-state index in [0.717, 1.165) is 34.1 Å². The summed E-state index contributed by atoms with van der Waals surface area (Å²) in [5.74, 6) is 0. The molecule has 0 saturated carbocycles. The Bertz CT molecular complexity index is 1580. The van der Waals surface area contributed by atoms with Gasteiger partial charge >= 0.3 is 0 Å². The highest BCUT2D eigenvalue weighted by molar-refractivity contribution is 5.88. The maximum atomic E-state index is 2.39. The van der Waals surface area contributed by atoms with Crippen LogP contribution in [0, 0.1) is 0 Å². The summed E-state index contributed by atoms with van der Waals surface area (Å²) in [4.78, 5) is 4.69. The molecule has 0 unspecified atom stereocenters. The summed E-state index contributed by atoms with van der Waals surface area (Å²) in [6, 6.07) is 56.4. The van der Waals surface area contributed by atoms with Gasteiger partial charge in [0.1, 0.15) is 0 Å². The van der Waals surface area contributed by atoms with Gasteiger partial charge in [0.05, 0.1) is 0 Å². The first-order valence-corrected chi connectivity index (χ1v) is 14.2. The van der Waals surface area contributed by atoms with Crippen molar-refractivity contribution in [3.63, 3.8) is 0 Å². The number of benzene rings is 6. The van der Waals surface area contributed by atoms with Gasteiger partial charge in [0.15, 0.2) is 0 Å². The van der Waals surface area contributed by atoms with E-state index in [-0.39, 0.29) is 5.41 Å². The minimum absolute atomic E-state index is 0.158. The van der Waals surface area contributed by atoms with Crippen LogP contribution in [-0.4, -0.2) is 0 Å². The standard InChI is InChI=1S/C39H32N2/c1-39(2)37-27-33(40(29-15-7-3-8-16-29)30-17-9-4-10-18-30)23-25-35(37)36-26-24-34(28-38(36)39)41(31-19-11-5-12-20-31)32-21-13-6-14-22-32/h3-28H,1-2H3. The fourth-order valence-corrected chi connectivity index (χ4v) is 6.19. The maximum Gasteiger partial charge on any atom is 0.0465 e. The molecule has 0 N–H and O–H groups in total. The number of anilines is 6. The SMILES string of the molecule is CC1(C)c2cc(N(c3ccccc3)c3ccccc3)ccc2-c2ccc(N(c3ccccc3)c3ccccc3)cc21. The van der Waals surface area contributed by atoms with E-state index in [1.54, 1.807) is 0 Å². The fourth-order valence-electron chi connectivity index (χ4n) is 6.19. The maximum absolute atomic E-state index is 2.39. The number of fused-ring (bicyclic) bond motifs is 3. The van der Waals surface area contributed by atoms with Crippen LogP contribution < -0.4 is 9.80 Å². The Balaban J connectivity index is 1.34. The van der Waals surface area contributed by atoms with Gasteiger partial charge in [-0.1, -0.05) is 98.8 Å². The average Bonchev–Trinajstić information content (AvgIpc) is 3.25. The molecule has 0 aromatic heterocycles. The highest BCUT2D eigenvalue weighted by atomic mass is 15.1. The van der Waals surface area contributed by atoms with Crippen molar-refractivity contribution in [3.05, 3.63) is 169 Å². The molecule has 0 radical (unpaired) electrons. The van der Waals surface area contributed by atoms with Gasteiger partial charge in [-0.3, -0.25) is 0 Å². The van der Waals surface area contributed by atoms with Gasteiger partial charge in [-0.25, -0.2) is 0 Å². The summed E-state index contributed by atoms with van der Waals surface area (Å²) < 4.78 is 0. The highest BCUT2D eigenvalue weighted by Crippen LogP contribution is 2.52. The molecule has 0 spiro atoms. The van der Waals surface area contributed by atoms with Crippen LogP contribution in [0.2, 0.25) is 0 Å². The molecule has 0 heterocycles. The van der Waals surface area contributed by atoms with Crippen LogP contribution in [0.5, 0.6) is 0 Å². The summed E-state index contributed by atoms with van der Waals surface area (Å²) in [5.41, 5.74) is 12.1. The summed E-state index contributed by atoms with van der Waals surface area (Å²) in [6.07, 6.45) is 0. The Kier molecular flexibility index (Phi) is 6.17. The zero-order valence-electron chi connectivity index (χ0n) is 23.4. The molecule has 0 bridgehead atoms. The number of hydrogen-bond donors (Lipinski definition) is 0. The highest BCUT2D eigenvalue weighted by Gasteiger charge is 2.36. The average molecular weight is 529 g/mol. The molecule has 1 aliphatic carbocycles. The van der Waals surface area contributed by atoms with E-state index >= 15 is 0 Å². The van der Waals surface area contributed by atoms with E-state index in [4.69, 9.17) is 0 Å². The predicted octanol–water partition coefficient (Wildman–Crippen LogP) is 10.9. The summed E-state index contributed by atoms with van der Waals surface area (Å²) in [6.45, 7) is 4.71. The Labute approximate surface area is 242 Å². The molecule has 1 aliphatic rings. The predicted molar refractivity (Wildman–Crippen MR) is 173 cm³/mol. The van der Waals surface area contributed by atoms with Crippen LogP contribution in [0.15, 0.2) is 158 Å². The summed E-state index contributed by atoms with van der Waals surface area (Å²) >= 11 is 0. The molecular formula is C39H32N2. The molecule has 0 saturated heterocycles. The van der Waals surface area contributed by atoms with Crippen LogP contribution in [0.4, 0.5) is 34.1 Å². The van der Waals surface area contributed by atoms with Crippen LogP contribution in [0.1, 0.15) is 25.0 Å². The first kappa shape index (κ1) is 24.9. The van der Waals surface area contributed by atoms with Crippen LogP contribution in [0.25, 0.3) is 11.1 Å². The Morgan fingerprint density at radius 3 is 0.927 bits per heavy atom. The Morgan fingerprint density at radius 1 is 0.341 bits per heavy atom. The lowest BCUT2D eigenvalue weighted by Crippen LogP contribution is -2.17. The lowest BCUT2D eigenvalue weighted by atomic mass is 9.82. The third-order valence-electron chi connectivity index (χ3n) is 8.22. The number of rotatable bonds is 6. The molecular weight excluding hydrogens is 496 g/mol. The van der Waals surface area contributed by atoms with Crippen molar-refractivity contribution in [3.8, 4) is 11.1 Å². The molecule has 7 rings (SSSR count). The Morgan fingerprint density at radius 2 is 0.634 bits per heavy atom. The number of nitrogens with zero attached hydrogens (tertiary/aromatic N) is 2. The third kappa shape index (κ3) is 4.38. The second kappa shape index (κ2) is 10.1. The Hall–Kier alpha value is -5.08. The van der Waals surface area contributed by atoms with E-state index < -0.39 is 0 Å². The van der Waals surface area contributed by atoms with Crippen molar-refractivity contribution in [2.24, 2.45) is 0 Å².